The zero-order valence-corrected chi connectivity index (χ0v) is 16.3. The van der Waals surface area contributed by atoms with E-state index >= 15 is 0 Å². The first kappa shape index (κ1) is 18.5. The summed E-state index contributed by atoms with van der Waals surface area (Å²) in [4.78, 5) is 18.7. The van der Waals surface area contributed by atoms with Gasteiger partial charge in [0.25, 0.3) is 0 Å². The van der Waals surface area contributed by atoms with Gasteiger partial charge in [-0.1, -0.05) is 5.16 Å². The third-order valence-corrected chi connectivity index (χ3v) is 4.85. The van der Waals surface area contributed by atoms with E-state index in [1.807, 2.05) is 33.0 Å². The summed E-state index contributed by atoms with van der Waals surface area (Å²) < 4.78 is 5.32. The molecule has 0 saturated carbocycles. The molecule has 0 radical (unpaired) electrons. The number of carboxylic acids is 1. The average Bonchev–Trinajstić information content (AvgIpc) is 3.29. The highest BCUT2D eigenvalue weighted by Crippen LogP contribution is 2.33. The number of fused-ring (bicyclic) bond motifs is 1. The molecule has 0 amide bonds. The Labute approximate surface area is 167 Å². The number of nitrogens with one attached hydrogen (secondary N) is 2. The quantitative estimate of drug-likeness (QED) is 0.444. The van der Waals surface area contributed by atoms with E-state index < -0.39 is 5.97 Å². The molecule has 0 aliphatic carbocycles. The van der Waals surface area contributed by atoms with Gasteiger partial charge in [-0.2, -0.15) is 0 Å². The zero-order valence-electron chi connectivity index (χ0n) is 16.3. The lowest BCUT2D eigenvalue weighted by Gasteiger charge is -2.03. The fourth-order valence-corrected chi connectivity index (χ4v) is 3.30. The number of allylic oxidation sites excluding steroid dienone is 1. The van der Waals surface area contributed by atoms with Crippen LogP contribution in [0.4, 0.5) is 5.69 Å². The Bertz CT molecular complexity index is 1210. The number of nitrogens with zero attached hydrogens (tertiary/aromatic N) is 2. The third-order valence-electron chi connectivity index (χ3n) is 4.85. The summed E-state index contributed by atoms with van der Waals surface area (Å²) in [6, 6.07) is 10.6. The number of hydrogen-bond donors (Lipinski definition) is 3. The van der Waals surface area contributed by atoms with Crippen molar-refractivity contribution in [2.45, 2.75) is 20.8 Å². The molecule has 0 saturated heterocycles. The van der Waals surface area contributed by atoms with Crippen LogP contribution in [0.2, 0.25) is 0 Å². The third kappa shape index (κ3) is 3.50. The smallest absolute Gasteiger partial charge is 0.335 e. The van der Waals surface area contributed by atoms with E-state index in [1.54, 1.807) is 30.5 Å². The van der Waals surface area contributed by atoms with Crippen molar-refractivity contribution in [2.75, 3.05) is 5.32 Å². The Kier molecular flexibility index (Phi) is 4.64. The number of aromatic amines is 1. The summed E-state index contributed by atoms with van der Waals surface area (Å²) in [5, 5.41) is 17.2. The van der Waals surface area contributed by atoms with Gasteiger partial charge in [-0.05, 0) is 68.3 Å². The number of carbonyl (C=O) groups is 1. The average molecular weight is 388 g/mol. The summed E-state index contributed by atoms with van der Waals surface area (Å²) in [5.74, 6) is -0.167. The van der Waals surface area contributed by atoms with Crippen LogP contribution in [0, 0.1) is 13.8 Å². The van der Waals surface area contributed by atoms with Crippen LogP contribution in [0.1, 0.15) is 34.4 Å². The Morgan fingerprint density at radius 3 is 2.62 bits per heavy atom. The normalized spacial score (nSPS) is 11.8. The second-order valence-electron chi connectivity index (χ2n) is 6.86. The lowest BCUT2D eigenvalue weighted by atomic mass is 10.0. The minimum absolute atomic E-state index is 0.254. The van der Waals surface area contributed by atoms with E-state index in [4.69, 9.17) is 9.63 Å². The first-order chi connectivity index (χ1) is 13.9. The molecular weight excluding hydrogens is 368 g/mol. The molecule has 4 aromatic rings. The zero-order chi connectivity index (χ0) is 20.5. The van der Waals surface area contributed by atoms with Gasteiger partial charge in [-0.3, -0.25) is 0 Å². The molecule has 7 nitrogen and oxygen atoms in total. The van der Waals surface area contributed by atoms with Crippen LogP contribution < -0.4 is 5.32 Å². The summed E-state index contributed by atoms with van der Waals surface area (Å²) in [6.45, 7) is 5.81. The summed E-state index contributed by atoms with van der Waals surface area (Å²) >= 11 is 0. The van der Waals surface area contributed by atoms with E-state index in [0.29, 0.717) is 0 Å². The van der Waals surface area contributed by atoms with Gasteiger partial charge in [-0.15, -0.1) is 0 Å². The maximum Gasteiger partial charge on any atom is 0.335 e. The van der Waals surface area contributed by atoms with Gasteiger partial charge in [0, 0.05) is 34.7 Å². The molecule has 3 heterocycles. The predicted octanol–water partition coefficient (Wildman–Crippen LogP) is 5.01. The number of aromatic carboxylic acids is 1. The van der Waals surface area contributed by atoms with Gasteiger partial charge < -0.3 is 19.9 Å². The fourth-order valence-electron chi connectivity index (χ4n) is 3.30. The first-order valence-corrected chi connectivity index (χ1v) is 9.12. The van der Waals surface area contributed by atoms with Crippen LogP contribution in [0.25, 0.3) is 27.7 Å². The number of carboxylic acid groups (broad SMARTS) is 1. The molecule has 1 aromatic carbocycles. The number of rotatable bonds is 5. The first-order valence-electron chi connectivity index (χ1n) is 9.12. The van der Waals surface area contributed by atoms with Crippen molar-refractivity contribution >= 4 is 28.3 Å². The number of aryl methyl sites for hydroxylation is 2. The molecule has 0 spiro atoms. The number of pyridine rings is 1. The van der Waals surface area contributed by atoms with E-state index in [1.165, 1.54) is 0 Å². The molecule has 3 N–H and O–H groups in total. The van der Waals surface area contributed by atoms with Gasteiger partial charge in [0.05, 0.1) is 11.3 Å². The molecule has 4 rings (SSSR count). The Morgan fingerprint density at radius 1 is 1.21 bits per heavy atom. The summed E-state index contributed by atoms with van der Waals surface area (Å²) in [6.07, 6.45) is 3.64. The Balaban J connectivity index is 1.65. The van der Waals surface area contributed by atoms with E-state index in [0.717, 1.165) is 50.6 Å². The number of hydrogen-bond acceptors (Lipinski definition) is 5. The van der Waals surface area contributed by atoms with Crippen LogP contribution in [0.3, 0.4) is 0 Å². The molecule has 7 heteroatoms. The van der Waals surface area contributed by atoms with Crippen molar-refractivity contribution in [3.8, 4) is 11.1 Å². The molecule has 0 fully saturated rings. The SMILES string of the molecule is C/C(=C\Nc1ccc(C(=O)O)cc1)c1cc2c(-c3c(C)noc3C)ccnc2[nH]1. The summed E-state index contributed by atoms with van der Waals surface area (Å²) in [7, 11) is 0. The fraction of sp³-hybridized carbons (Fsp3) is 0.136. The predicted molar refractivity (Wildman–Crippen MR) is 112 cm³/mol. The number of H-pyrrole nitrogens is 1. The Hall–Kier alpha value is -3.87. The number of anilines is 1. The van der Waals surface area contributed by atoms with E-state index in [9.17, 15) is 4.79 Å². The second kappa shape index (κ2) is 7.27. The maximum absolute atomic E-state index is 11.0. The highest BCUT2D eigenvalue weighted by molar-refractivity contribution is 5.96. The minimum Gasteiger partial charge on any atom is -0.478 e. The largest absolute Gasteiger partial charge is 0.478 e. The van der Waals surface area contributed by atoms with Crippen molar-refractivity contribution in [3.05, 3.63) is 71.5 Å². The molecular formula is C22H20N4O3. The van der Waals surface area contributed by atoms with E-state index in [2.05, 4.69) is 26.5 Å². The van der Waals surface area contributed by atoms with Crippen LogP contribution in [-0.4, -0.2) is 26.2 Å². The standard InChI is InChI=1S/C22H20N4O3/c1-12(11-24-16-6-4-15(5-7-16)22(27)28)19-10-18-17(8-9-23-21(18)25-19)20-13(2)26-29-14(20)3/h4-11,24H,1-3H3,(H,23,25)(H,27,28)/b12-11+. The van der Waals surface area contributed by atoms with Crippen molar-refractivity contribution < 1.29 is 14.4 Å². The van der Waals surface area contributed by atoms with Gasteiger partial charge in [-0.25, -0.2) is 9.78 Å². The molecule has 0 unspecified atom stereocenters. The van der Waals surface area contributed by atoms with Gasteiger partial charge >= 0.3 is 5.97 Å². The molecule has 0 atom stereocenters. The van der Waals surface area contributed by atoms with Crippen molar-refractivity contribution in [1.29, 1.82) is 0 Å². The lowest BCUT2D eigenvalue weighted by molar-refractivity contribution is 0.0697. The van der Waals surface area contributed by atoms with E-state index in [-0.39, 0.29) is 5.56 Å². The molecule has 0 aliphatic heterocycles. The molecule has 0 bridgehead atoms. The maximum atomic E-state index is 11.0. The van der Waals surface area contributed by atoms with Crippen LogP contribution in [-0.2, 0) is 0 Å². The minimum atomic E-state index is -0.942. The number of aromatic nitrogens is 3. The van der Waals surface area contributed by atoms with Gasteiger partial charge in [0.1, 0.15) is 11.4 Å². The molecule has 3 aromatic heterocycles. The highest BCUT2D eigenvalue weighted by Gasteiger charge is 2.16. The van der Waals surface area contributed by atoms with Crippen molar-refractivity contribution in [2.24, 2.45) is 0 Å². The van der Waals surface area contributed by atoms with Gasteiger partial charge in [0.2, 0.25) is 0 Å². The van der Waals surface area contributed by atoms with Gasteiger partial charge in [0.15, 0.2) is 0 Å². The van der Waals surface area contributed by atoms with Crippen LogP contribution in [0.5, 0.6) is 0 Å². The summed E-state index contributed by atoms with van der Waals surface area (Å²) in [5.41, 5.74) is 6.62. The van der Waals surface area contributed by atoms with Crippen LogP contribution >= 0.6 is 0 Å². The molecule has 0 aliphatic rings. The van der Waals surface area contributed by atoms with Crippen LogP contribution in [0.15, 0.2) is 53.3 Å². The highest BCUT2D eigenvalue weighted by atomic mass is 16.5. The monoisotopic (exact) mass is 388 g/mol. The molecule has 146 valence electrons. The van der Waals surface area contributed by atoms with Crippen molar-refractivity contribution in [1.82, 2.24) is 15.1 Å². The Morgan fingerprint density at radius 2 is 1.97 bits per heavy atom. The van der Waals surface area contributed by atoms with Crippen molar-refractivity contribution in [3.63, 3.8) is 0 Å². The number of benzene rings is 1. The lowest BCUT2D eigenvalue weighted by Crippen LogP contribution is -1.96. The second-order valence-corrected chi connectivity index (χ2v) is 6.86. The molecule has 29 heavy (non-hydrogen) atoms. The topological polar surface area (TPSA) is 104 Å².